The molecule has 3 aliphatic rings. The zero-order valence-corrected chi connectivity index (χ0v) is 16.5. The van der Waals surface area contributed by atoms with Crippen LogP contribution in [0.25, 0.3) is 0 Å². The molecule has 0 amide bonds. The second-order valence-corrected chi connectivity index (χ2v) is 9.57. The molecular weight excluding hydrogens is 374 g/mol. The molecule has 4 atom stereocenters. The van der Waals surface area contributed by atoms with Crippen molar-refractivity contribution >= 4 is 32.7 Å². The molecule has 2 fully saturated rings. The molecule has 3 aliphatic heterocycles. The van der Waals surface area contributed by atoms with Crippen molar-refractivity contribution in [3.63, 3.8) is 0 Å². The van der Waals surface area contributed by atoms with Gasteiger partial charge in [-0.25, -0.2) is 0 Å². The molecule has 0 radical (unpaired) electrons. The van der Waals surface area contributed by atoms with Crippen LogP contribution in [-0.2, 0) is 27.8 Å². The summed E-state index contributed by atoms with van der Waals surface area (Å²) in [7, 11) is -1.32. The number of nitrogens with one attached hydrogen (secondary N) is 1. The first-order chi connectivity index (χ1) is 12.9. The molecule has 2 N–H and O–H groups in total. The van der Waals surface area contributed by atoms with Crippen LogP contribution < -0.4 is 10.2 Å². The first kappa shape index (κ1) is 18.9. The predicted octanol–water partition coefficient (Wildman–Crippen LogP) is 0.266. The van der Waals surface area contributed by atoms with E-state index in [2.05, 4.69) is 11.4 Å². The van der Waals surface area contributed by atoms with Crippen LogP contribution in [0, 0.1) is 6.92 Å². The Hall–Kier alpha value is -1.42. The molecule has 0 spiro atoms. The number of carbonyl (C=O) groups excluding carboxylic acids is 1. The zero-order valence-electron chi connectivity index (χ0n) is 15.5. The fourth-order valence-electron chi connectivity index (χ4n) is 3.58. The summed E-state index contributed by atoms with van der Waals surface area (Å²) in [5, 5.41) is 14.2. The van der Waals surface area contributed by atoms with Gasteiger partial charge in [-0.1, -0.05) is 0 Å². The molecule has 4 rings (SSSR count). The van der Waals surface area contributed by atoms with E-state index in [0.29, 0.717) is 6.67 Å². The van der Waals surface area contributed by atoms with Gasteiger partial charge in [0.25, 0.3) is 0 Å². The first-order valence-corrected chi connectivity index (χ1v) is 11.1. The molecule has 2 saturated heterocycles. The van der Waals surface area contributed by atoms with Gasteiger partial charge in [0.2, 0.25) is 0 Å². The molecule has 9 nitrogen and oxygen atoms in total. The standard InChI is InChI=1S/C16H24BN2O7P/c1-9-3-4-11-12(5-9)19(7-18-11)16-14(21)15-13(25-16)6-23-27(17,26-15)24-8-22-10(2)20/h3-5,13-16,18,21,27H,6-8,17H2,1-2H3/t13-,14+,15+,16-/m1/s1. The van der Waals surface area contributed by atoms with Gasteiger partial charge < -0.3 is 0 Å². The summed E-state index contributed by atoms with van der Waals surface area (Å²) in [6.45, 7) is 3.88. The summed E-state index contributed by atoms with van der Waals surface area (Å²) >= 11 is 0. The molecule has 148 valence electrons. The van der Waals surface area contributed by atoms with Crippen molar-refractivity contribution in [2.45, 2.75) is 38.4 Å². The van der Waals surface area contributed by atoms with Crippen LogP contribution in [0.15, 0.2) is 18.2 Å². The Morgan fingerprint density at radius 2 is 2.33 bits per heavy atom. The van der Waals surface area contributed by atoms with E-state index in [0.717, 1.165) is 16.9 Å². The van der Waals surface area contributed by atoms with Crippen molar-refractivity contribution in [3.05, 3.63) is 23.8 Å². The Labute approximate surface area is 158 Å². The van der Waals surface area contributed by atoms with E-state index in [1.165, 1.54) is 6.92 Å². The summed E-state index contributed by atoms with van der Waals surface area (Å²) < 4.78 is 28.1. The number of benzene rings is 1. The normalized spacial score (nSPS) is 32.3. The number of fused-ring (bicyclic) bond motifs is 2. The van der Waals surface area contributed by atoms with Gasteiger partial charge in [0, 0.05) is 0 Å². The van der Waals surface area contributed by atoms with Gasteiger partial charge in [0.1, 0.15) is 0 Å². The molecule has 3 heterocycles. The van der Waals surface area contributed by atoms with E-state index in [-0.39, 0.29) is 13.4 Å². The fraction of sp³-hybridized carbons (Fsp3) is 0.562. The molecule has 0 saturated carbocycles. The van der Waals surface area contributed by atoms with E-state index in [1.54, 1.807) is 7.57 Å². The second kappa shape index (κ2) is 7.20. The molecule has 1 aromatic rings. The Bertz CT molecular complexity index is 741. The van der Waals surface area contributed by atoms with Crippen molar-refractivity contribution in [3.8, 4) is 0 Å². The number of aryl methyl sites for hydroxylation is 1. The third-order valence-electron chi connectivity index (χ3n) is 4.96. The van der Waals surface area contributed by atoms with E-state index >= 15 is 0 Å². The zero-order chi connectivity index (χ0) is 19.2. The van der Waals surface area contributed by atoms with Crippen molar-refractivity contribution in [1.29, 1.82) is 0 Å². The number of hydrogen-bond acceptors (Lipinski definition) is 9. The number of nitrogens with zero attached hydrogens (tertiary/aromatic N) is 1. The van der Waals surface area contributed by atoms with Crippen LogP contribution in [0.5, 0.6) is 0 Å². The van der Waals surface area contributed by atoms with E-state index in [1.807, 2.05) is 24.0 Å². The Balaban J connectivity index is 1.45. The third-order valence-corrected chi connectivity index (χ3v) is 7.00. The van der Waals surface area contributed by atoms with E-state index < -0.39 is 38.3 Å². The van der Waals surface area contributed by atoms with Crippen LogP contribution in [0.2, 0.25) is 0 Å². The molecule has 0 unspecified atom stereocenters. The van der Waals surface area contributed by atoms with Crippen molar-refractivity contribution in [2.24, 2.45) is 0 Å². The van der Waals surface area contributed by atoms with Crippen LogP contribution in [-0.4, -0.2) is 63.2 Å². The average molecular weight is 398 g/mol. The molecule has 0 aromatic heterocycles. The minimum atomic E-state index is -3.03. The number of aliphatic hydroxyl groups is 1. The van der Waals surface area contributed by atoms with Gasteiger partial charge in [-0.2, -0.15) is 0 Å². The van der Waals surface area contributed by atoms with Gasteiger partial charge in [0.15, 0.2) is 0 Å². The summed E-state index contributed by atoms with van der Waals surface area (Å²) in [5.74, 6) is -0.443. The molecule has 0 bridgehead atoms. The van der Waals surface area contributed by atoms with Crippen LogP contribution >= 0.6 is 7.82 Å². The Morgan fingerprint density at radius 3 is 3.11 bits per heavy atom. The van der Waals surface area contributed by atoms with Crippen molar-refractivity contribution in [1.82, 2.24) is 0 Å². The number of esters is 1. The first-order valence-electron chi connectivity index (χ1n) is 8.90. The van der Waals surface area contributed by atoms with Gasteiger partial charge in [-0.3, -0.25) is 0 Å². The molecule has 1 aromatic carbocycles. The molecular formula is C16H24BN2O7P. The van der Waals surface area contributed by atoms with E-state index in [9.17, 15) is 9.90 Å². The van der Waals surface area contributed by atoms with Crippen molar-refractivity contribution < 1.29 is 32.9 Å². The maximum atomic E-state index is 10.9. The SMILES string of the molecule is B[PH]1(OCOC(C)=O)OC[C@H]2O[C@@H](N3CNc4ccc(C)cc43)[C@@H](O)[C@H]2O1. The Morgan fingerprint density at radius 1 is 1.52 bits per heavy atom. The maximum absolute atomic E-state index is 10.9. The fourth-order valence-corrected chi connectivity index (χ4v) is 5.32. The third kappa shape index (κ3) is 3.65. The molecule has 27 heavy (non-hydrogen) atoms. The topological polar surface area (TPSA) is 98.7 Å². The number of aliphatic hydroxyl groups excluding tert-OH is 1. The minimum absolute atomic E-state index is 0.238. The summed E-state index contributed by atoms with van der Waals surface area (Å²) in [4.78, 5) is 12.9. The summed E-state index contributed by atoms with van der Waals surface area (Å²) in [6, 6.07) is 6.12. The summed E-state index contributed by atoms with van der Waals surface area (Å²) in [5.41, 5.74) is 3.13. The van der Waals surface area contributed by atoms with Gasteiger partial charge >= 0.3 is 158 Å². The monoisotopic (exact) mass is 398 g/mol. The number of ether oxygens (including phenoxy) is 2. The van der Waals surface area contributed by atoms with E-state index in [4.69, 9.17) is 23.0 Å². The van der Waals surface area contributed by atoms with Crippen molar-refractivity contribution in [2.75, 3.05) is 30.3 Å². The predicted molar refractivity (Wildman–Crippen MR) is 102 cm³/mol. The second-order valence-electron chi connectivity index (χ2n) is 7.03. The number of anilines is 2. The van der Waals surface area contributed by atoms with Crippen LogP contribution in [0.3, 0.4) is 0 Å². The molecule has 11 heteroatoms. The number of hydrogen-bond donors (Lipinski definition) is 2. The number of rotatable bonds is 4. The quantitative estimate of drug-likeness (QED) is 0.321. The average Bonchev–Trinajstić information content (AvgIpc) is 3.15. The van der Waals surface area contributed by atoms with Gasteiger partial charge in [0.05, 0.1) is 0 Å². The van der Waals surface area contributed by atoms with Crippen LogP contribution in [0.4, 0.5) is 11.4 Å². The number of carbonyl (C=O) groups is 1. The Kier molecular flexibility index (Phi) is 5.05. The molecule has 0 aliphatic carbocycles. The van der Waals surface area contributed by atoms with Gasteiger partial charge in [-0.15, -0.1) is 0 Å². The summed E-state index contributed by atoms with van der Waals surface area (Å²) in [6.07, 6.45) is -2.37. The van der Waals surface area contributed by atoms with Gasteiger partial charge in [-0.05, 0) is 0 Å². The van der Waals surface area contributed by atoms with Crippen LogP contribution in [0.1, 0.15) is 12.5 Å².